The first-order chi connectivity index (χ1) is 9.22. The molecule has 0 fully saturated rings. The third-order valence-corrected chi connectivity index (χ3v) is 3.18. The number of rotatable bonds is 4. The average molecular weight is 362 g/mol. The predicted octanol–water partition coefficient (Wildman–Crippen LogP) is 4.19. The van der Waals surface area contributed by atoms with Crippen molar-refractivity contribution in [2.24, 2.45) is 5.41 Å². The van der Waals surface area contributed by atoms with E-state index in [1.807, 2.05) is 0 Å². The van der Waals surface area contributed by atoms with Crippen molar-refractivity contribution in [3.63, 3.8) is 0 Å². The second kappa shape index (κ2) is 7.48. The molecule has 0 rings (SSSR count). The van der Waals surface area contributed by atoms with Crippen LogP contribution < -0.4 is 0 Å². The van der Waals surface area contributed by atoms with Crippen LogP contribution in [-0.4, -0.2) is 32.6 Å². The van der Waals surface area contributed by atoms with Gasteiger partial charge in [0, 0.05) is 12.8 Å². The number of phosphoric acid groups is 1. The Kier molecular flexibility index (Phi) is 8.13. The van der Waals surface area contributed by atoms with Crippen molar-refractivity contribution in [2.45, 2.75) is 57.9 Å². The van der Waals surface area contributed by atoms with Gasteiger partial charge in [0.25, 0.3) is 0 Å². The lowest BCUT2D eigenvalue weighted by Gasteiger charge is -2.52. The lowest BCUT2D eigenvalue weighted by Crippen LogP contribution is -2.47. The van der Waals surface area contributed by atoms with Gasteiger partial charge >= 0.3 is 20.2 Å². The SMILES string of the molecule is CCC(C)(C)C([NH-])(CC(F)(F)F)CC(F)(F)F.O=P(O)(O)O. The molecule has 0 atom stereocenters. The quantitative estimate of drug-likeness (QED) is 0.515. The molecule has 0 aliphatic heterocycles. The van der Waals surface area contributed by atoms with Gasteiger partial charge in [0.1, 0.15) is 0 Å². The van der Waals surface area contributed by atoms with Crippen LogP contribution in [0.15, 0.2) is 0 Å². The molecule has 5 nitrogen and oxygen atoms in total. The fraction of sp³-hybridized carbons (Fsp3) is 1.00. The summed E-state index contributed by atoms with van der Waals surface area (Å²) < 4.78 is 82.7. The highest BCUT2D eigenvalue weighted by Gasteiger charge is 2.48. The Morgan fingerprint density at radius 3 is 1.27 bits per heavy atom. The summed E-state index contributed by atoms with van der Waals surface area (Å²) in [6.45, 7) is 4.00. The summed E-state index contributed by atoms with van der Waals surface area (Å²) in [6, 6.07) is 0. The molecule has 0 radical (unpaired) electrons. The second-order valence-electron chi connectivity index (χ2n) is 5.42. The fourth-order valence-corrected chi connectivity index (χ4v) is 1.56. The standard InChI is InChI=1S/C10H16F6N.H3O4P/c1-4-7(2,3)8(17,5-9(11,12)13)6-10(14,15)16;1-5(2,3)4/h17H,4-6H2,1-3H3;(H3,1,2,3,4)/q-1;. The van der Waals surface area contributed by atoms with Crippen molar-refractivity contribution in [2.75, 3.05) is 0 Å². The van der Waals surface area contributed by atoms with Gasteiger partial charge in [-0.25, -0.2) is 4.57 Å². The number of halogens is 6. The highest BCUT2D eigenvalue weighted by molar-refractivity contribution is 7.45. The molecule has 0 aliphatic rings. The molecular formula is C10H19F6NO4P-. The first-order valence-corrected chi connectivity index (χ1v) is 7.46. The van der Waals surface area contributed by atoms with Crippen molar-refractivity contribution >= 4 is 7.82 Å². The Morgan fingerprint density at radius 2 is 1.14 bits per heavy atom. The van der Waals surface area contributed by atoms with E-state index < -0.39 is 44.0 Å². The molecule has 0 saturated heterocycles. The van der Waals surface area contributed by atoms with E-state index >= 15 is 0 Å². The summed E-state index contributed by atoms with van der Waals surface area (Å²) in [5.74, 6) is 0. The van der Waals surface area contributed by atoms with Crippen molar-refractivity contribution in [3.8, 4) is 0 Å². The second-order valence-corrected chi connectivity index (χ2v) is 6.44. The predicted molar refractivity (Wildman–Crippen MR) is 66.7 cm³/mol. The largest absolute Gasteiger partial charge is 0.671 e. The van der Waals surface area contributed by atoms with Crippen molar-refractivity contribution < 1.29 is 45.6 Å². The van der Waals surface area contributed by atoms with E-state index in [9.17, 15) is 26.3 Å². The zero-order valence-electron chi connectivity index (χ0n) is 12.1. The summed E-state index contributed by atoms with van der Waals surface area (Å²) in [5, 5.41) is 0. The van der Waals surface area contributed by atoms with E-state index in [-0.39, 0.29) is 6.42 Å². The van der Waals surface area contributed by atoms with Crippen molar-refractivity contribution in [3.05, 3.63) is 5.73 Å². The van der Waals surface area contributed by atoms with Crippen LogP contribution in [0.25, 0.3) is 5.73 Å². The van der Waals surface area contributed by atoms with E-state index in [1.54, 1.807) is 0 Å². The molecular weight excluding hydrogens is 343 g/mol. The van der Waals surface area contributed by atoms with Gasteiger partial charge in [-0.3, -0.25) is 0 Å². The molecule has 0 amide bonds. The van der Waals surface area contributed by atoms with E-state index in [2.05, 4.69) is 0 Å². The van der Waals surface area contributed by atoms with E-state index in [1.165, 1.54) is 20.8 Å². The van der Waals surface area contributed by atoms with Gasteiger partial charge in [0.15, 0.2) is 0 Å². The normalized spacial score (nSPS) is 14.4. The van der Waals surface area contributed by atoms with Gasteiger partial charge in [-0.15, -0.1) is 5.54 Å². The number of alkyl halides is 6. The Morgan fingerprint density at radius 1 is 0.909 bits per heavy atom. The molecule has 0 aromatic carbocycles. The third-order valence-electron chi connectivity index (χ3n) is 3.18. The molecule has 0 saturated carbocycles. The average Bonchev–Trinajstić information content (AvgIpc) is 2.07. The van der Waals surface area contributed by atoms with Crippen molar-refractivity contribution in [1.82, 2.24) is 0 Å². The molecule has 0 aromatic rings. The van der Waals surface area contributed by atoms with Gasteiger partial charge in [0.2, 0.25) is 0 Å². The van der Waals surface area contributed by atoms with Crippen LogP contribution in [0.3, 0.4) is 0 Å². The third kappa shape index (κ3) is 12.2. The number of hydrogen-bond donors (Lipinski definition) is 3. The van der Waals surface area contributed by atoms with Crippen molar-refractivity contribution in [1.29, 1.82) is 0 Å². The molecule has 4 N–H and O–H groups in total. The Bertz CT molecular complexity index is 366. The van der Waals surface area contributed by atoms with Crippen LogP contribution in [0.5, 0.6) is 0 Å². The van der Waals surface area contributed by atoms with E-state index in [4.69, 9.17) is 25.0 Å². The van der Waals surface area contributed by atoms with Gasteiger partial charge in [0.05, 0.1) is 0 Å². The van der Waals surface area contributed by atoms with Crippen LogP contribution in [0.4, 0.5) is 26.3 Å². The maximum absolute atomic E-state index is 12.3. The van der Waals surface area contributed by atoms with Gasteiger partial charge < -0.3 is 20.4 Å². The minimum absolute atomic E-state index is 0.0721. The van der Waals surface area contributed by atoms with Gasteiger partial charge in [-0.1, -0.05) is 27.2 Å². The summed E-state index contributed by atoms with van der Waals surface area (Å²) >= 11 is 0. The molecule has 136 valence electrons. The van der Waals surface area contributed by atoms with Crippen LogP contribution in [-0.2, 0) is 4.57 Å². The van der Waals surface area contributed by atoms with Crippen LogP contribution in [0, 0.1) is 5.41 Å². The van der Waals surface area contributed by atoms with Gasteiger partial charge in [-0.2, -0.15) is 26.3 Å². The molecule has 12 heteroatoms. The zero-order chi connectivity index (χ0) is 18.6. The molecule has 0 bridgehead atoms. The van der Waals surface area contributed by atoms with E-state index in [0.29, 0.717) is 0 Å². The molecule has 0 spiro atoms. The fourth-order valence-electron chi connectivity index (χ4n) is 1.56. The topological polar surface area (TPSA) is 102 Å². The van der Waals surface area contributed by atoms with Crippen LogP contribution >= 0.6 is 7.82 Å². The maximum Gasteiger partial charge on any atom is 0.466 e. The Labute approximate surface area is 123 Å². The lowest BCUT2D eigenvalue weighted by atomic mass is 9.67. The first-order valence-electron chi connectivity index (χ1n) is 5.89. The molecule has 0 heterocycles. The molecule has 0 aliphatic carbocycles. The van der Waals surface area contributed by atoms with Crippen LogP contribution in [0.1, 0.15) is 40.0 Å². The smallest absolute Gasteiger partial charge is 0.466 e. The zero-order valence-corrected chi connectivity index (χ0v) is 13.0. The molecule has 0 unspecified atom stereocenters. The highest BCUT2D eigenvalue weighted by Crippen LogP contribution is 2.49. The summed E-state index contributed by atoms with van der Waals surface area (Å²) in [4.78, 5) is 21.6. The summed E-state index contributed by atoms with van der Waals surface area (Å²) in [5.41, 5.74) is 3.65. The summed E-state index contributed by atoms with van der Waals surface area (Å²) in [7, 11) is -4.64. The van der Waals surface area contributed by atoms with E-state index in [0.717, 1.165) is 0 Å². The summed E-state index contributed by atoms with van der Waals surface area (Å²) in [6.07, 6.45) is -13.0. The minimum atomic E-state index is -4.78. The number of nitrogens with one attached hydrogen (secondary N) is 1. The number of hydrogen-bond acceptors (Lipinski definition) is 1. The maximum atomic E-state index is 12.3. The Balaban J connectivity index is 0. The molecule has 0 aromatic heterocycles. The Hall–Kier alpha value is -0.350. The lowest BCUT2D eigenvalue weighted by molar-refractivity contribution is -0.184. The van der Waals surface area contributed by atoms with Gasteiger partial charge in [-0.05, 0) is 5.41 Å². The molecule has 22 heavy (non-hydrogen) atoms. The monoisotopic (exact) mass is 362 g/mol. The van der Waals surface area contributed by atoms with Crippen LogP contribution in [0.2, 0.25) is 0 Å². The first kappa shape index (κ1) is 23.9. The minimum Gasteiger partial charge on any atom is -0.671 e. The highest BCUT2D eigenvalue weighted by atomic mass is 31.2.